The van der Waals surface area contributed by atoms with Gasteiger partial charge in [-0.2, -0.15) is 0 Å². The summed E-state index contributed by atoms with van der Waals surface area (Å²) >= 11 is 3.64. The van der Waals surface area contributed by atoms with Crippen molar-refractivity contribution in [2.45, 2.75) is 13.8 Å². The standard InChI is InChI=1S/C4H11N.ClHO/c1-3-5-4-2;1-2/h5H,3-4H2,1-2H3;2H. The second-order valence-corrected chi connectivity index (χ2v) is 0.957. The van der Waals surface area contributed by atoms with E-state index in [0.717, 1.165) is 13.1 Å². The molecule has 0 amide bonds. The zero-order valence-electron chi connectivity index (χ0n) is 4.74. The minimum Gasteiger partial charge on any atom is -0.317 e. The van der Waals surface area contributed by atoms with E-state index in [9.17, 15) is 0 Å². The molecule has 0 fully saturated rings. The highest BCUT2D eigenvalue weighted by atomic mass is 35.5. The number of rotatable bonds is 2. The molecule has 7 heavy (non-hydrogen) atoms. The van der Waals surface area contributed by atoms with Crippen molar-refractivity contribution in [2.24, 2.45) is 0 Å². The molecule has 3 heteroatoms. The van der Waals surface area contributed by atoms with E-state index in [1.807, 2.05) is 0 Å². The maximum Gasteiger partial charge on any atom is 0.0579 e. The number of hydrogen-bond donors (Lipinski definition) is 2. The zero-order chi connectivity index (χ0) is 6.12. The molecule has 0 bridgehead atoms. The fourth-order valence-corrected chi connectivity index (χ4v) is 0.250. The summed E-state index contributed by atoms with van der Waals surface area (Å²) in [5.74, 6) is 0. The van der Waals surface area contributed by atoms with Crippen LogP contribution in [0, 0.1) is 0 Å². The summed E-state index contributed by atoms with van der Waals surface area (Å²) in [5.41, 5.74) is 0. The van der Waals surface area contributed by atoms with Crippen LogP contribution in [-0.2, 0) is 0 Å². The normalized spacial score (nSPS) is 6.86. The Balaban J connectivity index is 0. The molecule has 46 valence electrons. The highest BCUT2D eigenvalue weighted by Crippen LogP contribution is 1.47. The first kappa shape index (κ1) is 10.2. The minimum atomic E-state index is 1.09. The van der Waals surface area contributed by atoms with Crippen LogP contribution >= 0.6 is 11.9 Å². The van der Waals surface area contributed by atoms with Gasteiger partial charge in [0, 0.05) is 0 Å². The largest absolute Gasteiger partial charge is 0.317 e. The van der Waals surface area contributed by atoms with Crippen molar-refractivity contribution in [3.05, 3.63) is 0 Å². The third kappa shape index (κ3) is 22.5. The molecule has 0 radical (unpaired) electrons. The average molecular weight is 126 g/mol. The summed E-state index contributed by atoms with van der Waals surface area (Å²) < 4.78 is 6.47. The van der Waals surface area contributed by atoms with Crippen LogP contribution in [0.5, 0.6) is 0 Å². The molecule has 0 saturated carbocycles. The number of halogens is 1. The molecule has 2 nitrogen and oxygen atoms in total. The Labute approximate surface area is 49.7 Å². The molecule has 0 aromatic rings. The van der Waals surface area contributed by atoms with Gasteiger partial charge in [0.25, 0.3) is 0 Å². The smallest absolute Gasteiger partial charge is 0.0579 e. The second-order valence-electron chi connectivity index (χ2n) is 0.957. The summed E-state index contributed by atoms with van der Waals surface area (Å²) in [6, 6.07) is 0. The molecule has 0 aliphatic rings. The molecule has 0 aromatic carbocycles. The molecule has 0 atom stereocenters. The van der Waals surface area contributed by atoms with E-state index in [0.29, 0.717) is 0 Å². The van der Waals surface area contributed by atoms with E-state index in [1.165, 1.54) is 0 Å². The lowest BCUT2D eigenvalue weighted by Gasteiger charge is -1.86. The SMILES string of the molecule is CCNCC.OCl. The van der Waals surface area contributed by atoms with Gasteiger partial charge in [-0.3, -0.25) is 4.66 Å². The van der Waals surface area contributed by atoms with E-state index in [1.54, 1.807) is 0 Å². The second kappa shape index (κ2) is 16.4. The van der Waals surface area contributed by atoms with Gasteiger partial charge < -0.3 is 5.32 Å². The van der Waals surface area contributed by atoms with Gasteiger partial charge in [-0.25, -0.2) is 0 Å². The maximum atomic E-state index is 6.47. The average Bonchev–Trinajstić information content (AvgIpc) is 1.75. The van der Waals surface area contributed by atoms with Crippen LogP contribution < -0.4 is 5.32 Å². The molecule has 0 heterocycles. The molecule has 2 N–H and O–H groups in total. The van der Waals surface area contributed by atoms with Crippen molar-refractivity contribution in [2.75, 3.05) is 13.1 Å². The minimum absolute atomic E-state index is 1.09. The first-order chi connectivity index (χ1) is 3.41. The van der Waals surface area contributed by atoms with Gasteiger partial charge in [-0.1, -0.05) is 13.8 Å². The van der Waals surface area contributed by atoms with Crippen LogP contribution in [0.2, 0.25) is 0 Å². The van der Waals surface area contributed by atoms with Gasteiger partial charge in [0.1, 0.15) is 0 Å². The van der Waals surface area contributed by atoms with Gasteiger partial charge >= 0.3 is 0 Å². The first-order valence-corrected chi connectivity index (χ1v) is 2.63. The monoisotopic (exact) mass is 125 g/mol. The fourth-order valence-electron chi connectivity index (χ4n) is 0.250. The first-order valence-electron chi connectivity index (χ1n) is 2.29. The molecular formula is C4H12ClNO. The van der Waals surface area contributed by atoms with E-state index in [-0.39, 0.29) is 0 Å². The molecule has 0 unspecified atom stereocenters. The van der Waals surface area contributed by atoms with Crippen molar-refractivity contribution in [1.82, 2.24) is 5.32 Å². The van der Waals surface area contributed by atoms with E-state index in [2.05, 4.69) is 31.0 Å². The summed E-state index contributed by atoms with van der Waals surface area (Å²) in [6.45, 7) is 6.39. The summed E-state index contributed by atoms with van der Waals surface area (Å²) in [7, 11) is 0. The van der Waals surface area contributed by atoms with Crippen molar-refractivity contribution in [1.29, 1.82) is 0 Å². The lowest BCUT2D eigenvalue weighted by molar-refractivity contribution is 0.632. The topological polar surface area (TPSA) is 32.3 Å². The van der Waals surface area contributed by atoms with Crippen LogP contribution in [0.25, 0.3) is 0 Å². The van der Waals surface area contributed by atoms with Crippen molar-refractivity contribution >= 4 is 11.9 Å². The molecule has 0 aliphatic heterocycles. The van der Waals surface area contributed by atoms with Crippen LogP contribution in [0.4, 0.5) is 0 Å². The molecule has 0 saturated heterocycles. The molecule has 0 aliphatic carbocycles. The molecular weight excluding hydrogens is 114 g/mol. The third-order valence-electron chi connectivity index (χ3n) is 0.500. The number of hydrogen-bond acceptors (Lipinski definition) is 2. The summed E-state index contributed by atoms with van der Waals surface area (Å²) in [4.78, 5) is 0. The molecule has 0 rings (SSSR count). The Morgan fingerprint density at radius 3 is 1.57 bits per heavy atom. The van der Waals surface area contributed by atoms with Crippen LogP contribution in [0.15, 0.2) is 0 Å². The quantitative estimate of drug-likeness (QED) is 0.571. The van der Waals surface area contributed by atoms with Gasteiger partial charge in [0.2, 0.25) is 0 Å². The van der Waals surface area contributed by atoms with Gasteiger partial charge in [-0.15, -0.1) is 0 Å². The Hall–Kier alpha value is 0.210. The highest BCUT2D eigenvalue weighted by Gasteiger charge is 1.62. The number of nitrogens with one attached hydrogen (secondary N) is 1. The predicted octanol–water partition coefficient (Wildman–Crippen LogP) is 0.748. The van der Waals surface area contributed by atoms with Crippen molar-refractivity contribution < 1.29 is 4.66 Å². The maximum absolute atomic E-state index is 6.47. The zero-order valence-corrected chi connectivity index (χ0v) is 5.50. The summed E-state index contributed by atoms with van der Waals surface area (Å²) in [6.07, 6.45) is 0. The Bertz CT molecular complexity index is 19.2. The summed E-state index contributed by atoms with van der Waals surface area (Å²) in [5, 5.41) is 3.11. The van der Waals surface area contributed by atoms with Gasteiger partial charge in [0.15, 0.2) is 0 Å². The Morgan fingerprint density at radius 2 is 1.57 bits per heavy atom. The molecule has 0 spiro atoms. The third-order valence-corrected chi connectivity index (χ3v) is 0.500. The van der Waals surface area contributed by atoms with Gasteiger partial charge in [-0.05, 0) is 13.1 Å². The lowest BCUT2D eigenvalue weighted by Crippen LogP contribution is -2.09. The van der Waals surface area contributed by atoms with E-state index >= 15 is 0 Å². The van der Waals surface area contributed by atoms with E-state index in [4.69, 9.17) is 4.66 Å². The van der Waals surface area contributed by atoms with E-state index < -0.39 is 0 Å². The Morgan fingerprint density at radius 1 is 1.29 bits per heavy atom. The lowest BCUT2D eigenvalue weighted by atomic mass is 10.7. The Kier molecular flexibility index (Phi) is 23.9. The van der Waals surface area contributed by atoms with Gasteiger partial charge in [0.05, 0.1) is 11.9 Å². The van der Waals surface area contributed by atoms with Crippen LogP contribution in [0.1, 0.15) is 13.8 Å². The van der Waals surface area contributed by atoms with Crippen LogP contribution in [0.3, 0.4) is 0 Å². The highest BCUT2D eigenvalue weighted by molar-refractivity contribution is 6.04. The fraction of sp³-hybridized carbons (Fsp3) is 1.00. The van der Waals surface area contributed by atoms with Crippen LogP contribution in [-0.4, -0.2) is 17.7 Å². The predicted molar refractivity (Wildman–Crippen MR) is 32.3 cm³/mol. The van der Waals surface area contributed by atoms with Crippen molar-refractivity contribution in [3.63, 3.8) is 0 Å². The van der Waals surface area contributed by atoms with Crippen molar-refractivity contribution in [3.8, 4) is 0 Å². The molecule has 0 aromatic heterocycles.